The second kappa shape index (κ2) is 10.2. The normalized spacial score (nSPS) is 13.0. The number of methoxy groups -OCH3 is 1. The van der Waals surface area contributed by atoms with Crippen molar-refractivity contribution in [1.29, 1.82) is 0 Å². The van der Waals surface area contributed by atoms with Crippen molar-refractivity contribution in [2.24, 2.45) is 0 Å². The fourth-order valence-electron chi connectivity index (χ4n) is 3.66. The number of ether oxygens (including phenoxy) is 1. The molecule has 1 aliphatic rings. The van der Waals surface area contributed by atoms with Crippen LogP contribution in [0, 0.1) is 0 Å². The number of amides is 2. The molecule has 1 aromatic carbocycles. The number of fused-ring (bicyclic) bond motifs is 1. The Morgan fingerprint density at radius 3 is 2.76 bits per heavy atom. The molecule has 29 heavy (non-hydrogen) atoms. The summed E-state index contributed by atoms with van der Waals surface area (Å²) in [6.07, 6.45) is 3.50. The van der Waals surface area contributed by atoms with E-state index in [1.165, 1.54) is 0 Å². The summed E-state index contributed by atoms with van der Waals surface area (Å²) in [6, 6.07) is 9.92. The topological polar surface area (TPSA) is 76.5 Å². The lowest BCUT2D eigenvalue weighted by molar-refractivity contribution is 0.0734. The molecule has 7 heteroatoms. The predicted molar refractivity (Wildman–Crippen MR) is 111 cm³/mol. The standard InChI is InChI=1S/C22H30N4O3/c1-3-25(16-17-10-5-4-6-11-17)22(28)20-24-19(18-12-7-8-14-26(18)20)21(27)23-13-9-15-29-2/h4-6,10-11H,3,7-9,12-16H2,1-2H3,(H,23,27). The van der Waals surface area contributed by atoms with Gasteiger partial charge in [0, 0.05) is 39.9 Å². The molecule has 7 nitrogen and oxygen atoms in total. The van der Waals surface area contributed by atoms with E-state index in [-0.39, 0.29) is 11.8 Å². The summed E-state index contributed by atoms with van der Waals surface area (Å²) in [5.74, 6) is 0.0365. The Hall–Kier alpha value is -2.67. The smallest absolute Gasteiger partial charge is 0.290 e. The van der Waals surface area contributed by atoms with Gasteiger partial charge in [0.2, 0.25) is 0 Å². The van der Waals surface area contributed by atoms with Crippen LogP contribution in [0.15, 0.2) is 30.3 Å². The van der Waals surface area contributed by atoms with Crippen LogP contribution in [0.3, 0.4) is 0 Å². The molecule has 2 heterocycles. The average molecular weight is 399 g/mol. The molecule has 1 N–H and O–H groups in total. The maximum absolute atomic E-state index is 13.3. The van der Waals surface area contributed by atoms with Crippen LogP contribution in [0.1, 0.15) is 58.6 Å². The van der Waals surface area contributed by atoms with Gasteiger partial charge in [-0.3, -0.25) is 9.59 Å². The van der Waals surface area contributed by atoms with Crippen LogP contribution < -0.4 is 5.32 Å². The van der Waals surface area contributed by atoms with E-state index in [1.807, 2.05) is 41.8 Å². The molecule has 1 aromatic heterocycles. The molecule has 156 valence electrons. The summed E-state index contributed by atoms with van der Waals surface area (Å²) in [5.41, 5.74) is 2.34. The number of imidazole rings is 1. The molecule has 0 fully saturated rings. The van der Waals surface area contributed by atoms with Gasteiger partial charge in [0.25, 0.3) is 11.8 Å². The average Bonchev–Trinajstić information content (AvgIpc) is 3.15. The quantitative estimate of drug-likeness (QED) is 0.659. The second-order valence-electron chi connectivity index (χ2n) is 7.25. The van der Waals surface area contributed by atoms with Gasteiger partial charge in [0.05, 0.1) is 5.69 Å². The maximum atomic E-state index is 13.3. The first kappa shape index (κ1) is 21.0. The third kappa shape index (κ3) is 5.03. The van der Waals surface area contributed by atoms with Crippen LogP contribution in [-0.2, 0) is 24.2 Å². The lowest BCUT2D eigenvalue weighted by Gasteiger charge is -2.22. The van der Waals surface area contributed by atoms with Crippen molar-refractivity contribution in [2.75, 3.05) is 26.8 Å². The third-order valence-electron chi connectivity index (χ3n) is 5.22. The van der Waals surface area contributed by atoms with Gasteiger partial charge in [-0.15, -0.1) is 0 Å². The van der Waals surface area contributed by atoms with Gasteiger partial charge in [-0.05, 0) is 38.2 Å². The molecule has 0 unspecified atom stereocenters. The van der Waals surface area contributed by atoms with Crippen molar-refractivity contribution < 1.29 is 14.3 Å². The van der Waals surface area contributed by atoms with Crippen LogP contribution in [-0.4, -0.2) is 53.1 Å². The number of nitrogens with zero attached hydrogens (tertiary/aromatic N) is 3. The van der Waals surface area contributed by atoms with Crippen LogP contribution in [0.25, 0.3) is 0 Å². The number of nitrogens with one attached hydrogen (secondary N) is 1. The van der Waals surface area contributed by atoms with E-state index in [4.69, 9.17) is 4.74 Å². The fourth-order valence-corrected chi connectivity index (χ4v) is 3.66. The Bertz CT molecular complexity index is 832. The molecule has 0 atom stereocenters. The number of rotatable bonds is 9. The summed E-state index contributed by atoms with van der Waals surface area (Å²) in [7, 11) is 1.64. The van der Waals surface area contributed by atoms with E-state index in [9.17, 15) is 9.59 Å². The minimum atomic E-state index is -0.211. The van der Waals surface area contributed by atoms with E-state index >= 15 is 0 Å². The van der Waals surface area contributed by atoms with E-state index < -0.39 is 0 Å². The summed E-state index contributed by atoms with van der Waals surface area (Å²) in [6.45, 7) is 4.91. The highest BCUT2D eigenvalue weighted by Gasteiger charge is 2.29. The summed E-state index contributed by atoms with van der Waals surface area (Å²) >= 11 is 0. The van der Waals surface area contributed by atoms with Crippen LogP contribution in [0.4, 0.5) is 0 Å². The van der Waals surface area contributed by atoms with E-state index in [0.29, 0.717) is 37.8 Å². The van der Waals surface area contributed by atoms with Crippen LogP contribution >= 0.6 is 0 Å². The van der Waals surface area contributed by atoms with Gasteiger partial charge < -0.3 is 19.5 Å². The lowest BCUT2D eigenvalue weighted by Crippen LogP contribution is -2.33. The first-order valence-corrected chi connectivity index (χ1v) is 10.4. The number of hydrogen-bond donors (Lipinski definition) is 1. The highest BCUT2D eigenvalue weighted by molar-refractivity contribution is 5.97. The van der Waals surface area contributed by atoms with Crippen molar-refractivity contribution in [2.45, 2.75) is 45.7 Å². The maximum Gasteiger partial charge on any atom is 0.290 e. The van der Waals surface area contributed by atoms with E-state index in [1.54, 1.807) is 12.0 Å². The molecule has 0 radical (unpaired) electrons. The van der Waals surface area contributed by atoms with Crippen molar-refractivity contribution in [3.05, 3.63) is 53.1 Å². The van der Waals surface area contributed by atoms with Gasteiger partial charge in [-0.2, -0.15) is 0 Å². The molecule has 0 bridgehead atoms. The highest BCUT2D eigenvalue weighted by Crippen LogP contribution is 2.22. The first-order chi connectivity index (χ1) is 14.2. The molecule has 2 amide bonds. The molecule has 0 aliphatic carbocycles. The van der Waals surface area contributed by atoms with Crippen LogP contribution in [0.2, 0.25) is 0 Å². The monoisotopic (exact) mass is 398 g/mol. The second-order valence-corrected chi connectivity index (χ2v) is 7.25. The largest absolute Gasteiger partial charge is 0.385 e. The Morgan fingerprint density at radius 1 is 1.24 bits per heavy atom. The Balaban J connectivity index is 1.81. The highest BCUT2D eigenvalue weighted by atomic mass is 16.5. The van der Waals surface area contributed by atoms with Crippen molar-refractivity contribution in [3.8, 4) is 0 Å². The molecular weight excluding hydrogens is 368 g/mol. The Kier molecular flexibility index (Phi) is 7.41. The number of carbonyl (C=O) groups is 2. The lowest BCUT2D eigenvalue weighted by atomic mass is 10.1. The predicted octanol–water partition coefficient (Wildman–Crippen LogP) is 2.65. The van der Waals surface area contributed by atoms with Gasteiger partial charge >= 0.3 is 0 Å². The SMILES string of the molecule is CCN(Cc1ccccc1)C(=O)c1nc(C(=O)NCCCOC)c2n1CCCC2. The summed E-state index contributed by atoms with van der Waals surface area (Å²) < 4.78 is 6.97. The number of carbonyl (C=O) groups excluding carboxylic acids is 2. The molecule has 0 saturated carbocycles. The molecule has 0 saturated heterocycles. The van der Waals surface area contributed by atoms with Gasteiger partial charge in [-0.25, -0.2) is 4.98 Å². The third-order valence-corrected chi connectivity index (χ3v) is 5.22. The zero-order chi connectivity index (χ0) is 20.6. The van der Waals surface area contributed by atoms with Gasteiger partial charge in [0.1, 0.15) is 5.69 Å². The number of aromatic nitrogens is 2. The molecule has 0 spiro atoms. The number of benzene rings is 1. The summed E-state index contributed by atoms with van der Waals surface area (Å²) in [5, 5.41) is 2.90. The van der Waals surface area contributed by atoms with E-state index in [2.05, 4.69) is 10.3 Å². The number of hydrogen-bond acceptors (Lipinski definition) is 4. The molecule has 2 aromatic rings. The van der Waals surface area contributed by atoms with Crippen molar-refractivity contribution in [3.63, 3.8) is 0 Å². The van der Waals surface area contributed by atoms with Crippen LogP contribution in [0.5, 0.6) is 0 Å². The molecule has 1 aliphatic heterocycles. The summed E-state index contributed by atoms with van der Waals surface area (Å²) in [4.78, 5) is 32.3. The minimum Gasteiger partial charge on any atom is -0.385 e. The van der Waals surface area contributed by atoms with E-state index in [0.717, 1.165) is 43.5 Å². The molecule has 3 rings (SSSR count). The van der Waals surface area contributed by atoms with Gasteiger partial charge in [-0.1, -0.05) is 30.3 Å². The Morgan fingerprint density at radius 2 is 2.03 bits per heavy atom. The zero-order valence-corrected chi connectivity index (χ0v) is 17.3. The minimum absolute atomic E-state index is 0.127. The molecular formula is C22H30N4O3. The van der Waals surface area contributed by atoms with Gasteiger partial charge in [0.15, 0.2) is 5.82 Å². The first-order valence-electron chi connectivity index (χ1n) is 10.4. The van der Waals surface area contributed by atoms with Crippen molar-refractivity contribution >= 4 is 11.8 Å². The Labute approximate surface area is 172 Å². The fraction of sp³-hybridized carbons (Fsp3) is 0.500. The zero-order valence-electron chi connectivity index (χ0n) is 17.3. The van der Waals surface area contributed by atoms with Crippen molar-refractivity contribution in [1.82, 2.24) is 19.8 Å².